The highest BCUT2D eigenvalue weighted by Crippen LogP contribution is 2.11. The predicted octanol–water partition coefficient (Wildman–Crippen LogP) is 2.57. The Morgan fingerprint density at radius 2 is 1.83 bits per heavy atom. The smallest absolute Gasteiger partial charge is 0.269 e. The molecule has 0 bridgehead atoms. The highest BCUT2D eigenvalue weighted by atomic mass is 16.2. The zero-order valence-corrected chi connectivity index (χ0v) is 17.0. The van der Waals surface area contributed by atoms with Gasteiger partial charge in [-0.1, -0.05) is 36.4 Å². The molecule has 7 heteroatoms. The first-order valence-electron chi connectivity index (χ1n) is 9.80. The maximum absolute atomic E-state index is 12.5. The number of para-hydroxylation sites is 2. The van der Waals surface area contributed by atoms with E-state index in [0.29, 0.717) is 24.1 Å². The summed E-state index contributed by atoms with van der Waals surface area (Å²) in [5, 5.41) is 7.40. The van der Waals surface area contributed by atoms with Gasteiger partial charge in [0, 0.05) is 12.2 Å². The van der Waals surface area contributed by atoms with Crippen molar-refractivity contribution in [1.29, 1.82) is 0 Å². The maximum Gasteiger partial charge on any atom is 0.269 e. The highest BCUT2D eigenvalue weighted by molar-refractivity contribution is 5.79. The van der Waals surface area contributed by atoms with Crippen LogP contribution in [0.1, 0.15) is 22.5 Å². The molecule has 0 spiro atoms. The van der Waals surface area contributed by atoms with E-state index in [4.69, 9.17) is 0 Å². The van der Waals surface area contributed by atoms with Crippen molar-refractivity contribution in [3.8, 4) is 0 Å². The molecule has 30 heavy (non-hydrogen) atoms. The van der Waals surface area contributed by atoms with Crippen LogP contribution in [0.2, 0.25) is 0 Å². The SMILES string of the molecule is Cc1cc(C)n(Cc2cccc(CNC(=O)Cn3c(=O)cnc4ccccc43)c2)n1. The minimum absolute atomic E-state index is 0.0483. The molecule has 0 aliphatic rings. The van der Waals surface area contributed by atoms with Gasteiger partial charge in [-0.3, -0.25) is 18.8 Å². The number of nitrogens with one attached hydrogen (secondary N) is 1. The summed E-state index contributed by atoms with van der Waals surface area (Å²) in [6, 6.07) is 17.4. The standard InChI is InChI=1S/C23H23N5O2/c1-16-10-17(2)28(26-16)14-19-7-5-6-18(11-19)12-25-22(29)15-27-21-9-4-3-8-20(21)24-13-23(27)30/h3-11,13H,12,14-15H2,1-2H3,(H,25,29). The summed E-state index contributed by atoms with van der Waals surface area (Å²) in [4.78, 5) is 28.8. The maximum atomic E-state index is 12.5. The zero-order valence-electron chi connectivity index (χ0n) is 17.0. The molecule has 1 N–H and O–H groups in total. The number of benzene rings is 2. The van der Waals surface area contributed by atoms with Gasteiger partial charge in [-0.25, -0.2) is 4.98 Å². The molecule has 0 radical (unpaired) electrons. The lowest BCUT2D eigenvalue weighted by molar-refractivity contribution is -0.121. The van der Waals surface area contributed by atoms with Crippen molar-refractivity contribution in [3.05, 3.63) is 93.7 Å². The van der Waals surface area contributed by atoms with E-state index in [1.165, 1.54) is 10.8 Å². The van der Waals surface area contributed by atoms with Gasteiger partial charge in [-0.05, 0) is 43.2 Å². The molecule has 4 aromatic rings. The molecule has 0 fully saturated rings. The Bertz CT molecular complexity index is 1270. The van der Waals surface area contributed by atoms with Crippen LogP contribution in [-0.4, -0.2) is 25.2 Å². The first-order valence-corrected chi connectivity index (χ1v) is 9.80. The summed E-state index contributed by atoms with van der Waals surface area (Å²) >= 11 is 0. The normalized spacial score (nSPS) is 11.0. The fourth-order valence-corrected chi connectivity index (χ4v) is 3.52. The van der Waals surface area contributed by atoms with Crippen molar-refractivity contribution < 1.29 is 4.79 Å². The van der Waals surface area contributed by atoms with Crippen LogP contribution in [0.25, 0.3) is 11.0 Å². The molecule has 0 saturated carbocycles. The summed E-state index contributed by atoms with van der Waals surface area (Å²) < 4.78 is 3.41. The van der Waals surface area contributed by atoms with E-state index in [1.807, 2.05) is 54.9 Å². The highest BCUT2D eigenvalue weighted by Gasteiger charge is 2.09. The van der Waals surface area contributed by atoms with Crippen molar-refractivity contribution in [1.82, 2.24) is 24.6 Å². The number of rotatable bonds is 6. The van der Waals surface area contributed by atoms with Gasteiger partial charge in [0.05, 0.1) is 29.5 Å². The van der Waals surface area contributed by atoms with Crippen LogP contribution in [0, 0.1) is 13.8 Å². The second-order valence-corrected chi connectivity index (χ2v) is 7.35. The third-order valence-electron chi connectivity index (χ3n) is 4.97. The van der Waals surface area contributed by atoms with Gasteiger partial charge in [0.15, 0.2) is 0 Å². The lowest BCUT2D eigenvalue weighted by Gasteiger charge is -2.11. The van der Waals surface area contributed by atoms with Crippen molar-refractivity contribution in [2.75, 3.05) is 0 Å². The number of carbonyl (C=O) groups is 1. The molecule has 7 nitrogen and oxygen atoms in total. The Morgan fingerprint density at radius 3 is 2.63 bits per heavy atom. The van der Waals surface area contributed by atoms with Crippen LogP contribution in [0.3, 0.4) is 0 Å². The topological polar surface area (TPSA) is 81.8 Å². The minimum Gasteiger partial charge on any atom is -0.350 e. The summed E-state index contributed by atoms with van der Waals surface area (Å²) in [5.41, 5.74) is 5.25. The number of nitrogens with zero attached hydrogens (tertiary/aromatic N) is 4. The first-order chi connectivity index (χ1) is 14.5. The van der Waals surface area contributed by atoms with Crippen LogP contribution in [0.4, 0.5) is 0 Å². The second-order valence-electron chi connectivity index (χ2n) is 7.35. The monoisotopic (exact) mass is 401 g/mol. The third kappa shape index (κ3) is 4.30. The summed E-state index contributed by atoms with van der Waals surface area (Å²) in [6.45, 7) is 5.04. The van der Waals surface area contributed by atoms with Crippen LogP contribution in [0.5, 0.6) is 0 Å². The van der Waals surface area contributed by atoms with E-state index in [9.17, 15) is 9.59 Å². The number of fused-ring (bicyclic) bond motifs is 1. The fraction of sp³-hybridized carbons (Fsp3) is 0.217. The molecule has 4 rings (SSSR count). The predicted molar refractivity (Wildman–Crippen MR) is 115 cm³/mol. The van der Waals surface area contributed by atoms with E-state index in [0.717, 1.165) is 22.5 Å². The molecule has 0 saturated heterocycles. The van der Waals surface area contributed by atoms with Gasteiger partial charge in [-0.15, -0.1) is 0 Å². The molecule has 0 unspecified atom stereocenters. The van der Waals surface area contributed by atoms with Gasteiger partial charge in [0.1, 0.15) is 6.54 Å². The lowest BCUT2D eigenvalue weighted by Crippen LogP contribution is -2.32. The van der Waals surface area contributed by atoms with Gasteiger partial charge < -0.3 is 5.32 Å². The van der Waals surface area contributed by atoms with Crippen LogP contribution < -0.4 is 10.9 Å². The Balaban J connectivity index is 1.43. The molecule has 1 amide bonds. The van der Waals surface area contributed by atoms with Gasteiger partial charge >= 0.3 is 0 Å². The number of carbonyl (C=O) groups excluding carboxylic acids is 1. The van der Waals surface area contributed by atoms with Crippen LogP contribution >= 0.6 is 0 Å². The second kappa shape index (κ2) is 8.32. The van der Waals surface area contributed by atoms with Crippen molar-refractivity contribution in [2.24, 2.45) is 0 Å². The number of hydrogen-bond donors (Lipinski definition) is 1. The van der Waals surface area contributed by atoms with E-state index < -0.39 is 0 Å². The van der Waals surface area contributed by atoms with Crippen molar-refractivity contribution in [3.63, 3.8) is 0 Å². The summed E-state index contributed by atoms with van der Waals surface area (Å²) in [6.07, 6.45) is 1.25. The Kier molecular flexibility index (Phi) is 5.43. The van der Waals surface area contributed by atoms with Gasteiger partial charge in [0.25, 0.3) is 5.56 Å². The van der Waals surface area contributed by atoms with Crippen molar-refractivity contribution >= 4 is 16.9 Å². The van der Waals surface area contributed by atoms with Crippen LogP contribution in [-0.2, 0) is 24.4 Å². The zero-order chi connectivity index (χ0) is 21.1. The average Bonchev–Trinajstić information content (AvgIpc) is 3.05. The van der Waals surface area contributed by atoms with Gasteiger partial charge in [0.2, 0.25) is 5.91 Å². The molecule has 2 heterocycles. The molecule has 0 aliphatic heterocycles. The quantitative estimate of drug-likeness (QED) is 0.538. The van der Waals surface area contributed by atoms with E-state index in [2.05, 4.69) is 27.5 Å². The molecular weight excluding hydrogens is 378 g/mol. The lowest BCUT2D eigenvalue weighted by atomic mass is 10.1. The molecule has 2 aromatic heterocycles. The van der Waals surface area contributed by atoms with Gasteiger partial charge in [-0.2, -0.15) is 5.10 Å². The van der Waals surface area contributed by atoms with Crippen molar-refractivity contribution in [2.45, 2.75) is 33.5 Å². The average molecular weight is 401 g/mol. The largest absolute Gasteiger partial charge is 0.350 e. The van der Waals surface area contributed by atoms with Crippen LogP contribution in [0.15, 0.2) is 65.6 Å². The molecular formula is C23H23N5O2. The first kappa shape index (κ1) is 19.6. The molecule has 0 aliphatic carbocycles. The van der Waals surface area contributed by atoms with E-state index in [-0.39, 0.29) is 18.0 Å². The summed E-state index contributed by atoms with van der Waals surface area (Å²) in [7, 11) is 0. The number of aromatic nitrogens is 4. The minimum atomic E-state index is -0.296. The molecule has 2 aromatic carbocycles. The summed E-state index contributed by atoms with van der Waals surface area (Å²) in [5.74, 6) is -0.225. The number of amides is 1. The molecule has 0 atom stereocenters. The third-order valence-corrected chi connectivity index (χ3v) is 4.97. The fourth-order valence-electron chi connectivity index (χ4n) is 3.52. The number of hydrogen-bond acceptors (Lipinski definition) is 4. The Hall–Kier alpha value is -3.74. The Labute approximate surface area is 174 Å². The van der Waals surface area contributed by atoms with E-state index >= 15 is 0 Å². The van der Waals surface area contributed by atoms with E-state index in [1.54, 1.807) is 6.07 Å². The Morgan fingerprint density at radius 1 is 1.03 bits per heavy atom. The molecule has 152 valence electrons. The number of aryl methyl sites for hydroxylation is 2.